The van der Waals surface area contributed by atoms with Gasteiger partial charge in [0.15, 0.2) is 0 Å². The molecule has 1 aliphatic rings. The zero-order valence-corrected chi connectivity index (χ0v) is 11.8. The first-order chi connectivity index (χ1) is 9.61. The van der Waals surface area contributed by atoms with Crippen LogP contribution >= 0.6 is 0 Å². The highest BCUT2D eigenvalue weighted by molar-refractivity contribution is 5.80. The van der Waals surface area contributed by atoms with Crippen LogP contribution in [-0.4, -0.2) is 34.5 Å². The molecule has 1 heterocycles. The number of likely N-dealkylation sites (tertiary alicyclic amines) is 1. The average Bonchev–Trinajstić information content (AvgIpc) is 2.86. The van der Waals surface area contributed by atoms with Crippen molar-refractivity contribution in [1.82, 2.24) is 4.90 Å². The van der Waals surface area contributed by atoms with Crippen molar-refractivity contribution >= 4 is 11.9 Å². The number of carboxylic acid groups (broad SMARTS) is 1. The van der Waals surface area contributed by atoms with Gasteiger partial charge in [-0.25, -0.2) is 0 Å². The number of hydrogen-bond donors (Lipinski definition) is 1. The minimum Gasteiger partial charge on any atom is -0.481 e. The Balaban J connectivity index is 2.05. The molecule has 2 rings (SSSR count). The van der Waals surface area contributed by atoms with E-state index in [9.17, 15) is 9.59 Å². The molecule has 1 unspecified atom stereocenters. The highest BCUT2D eigenvalue weighted by atomic mass is 16.4. The lowest BCUT2D eigenvalue weighted by Gasteiger charge is -2.24. The van der Waals surface area contributed by atoms with E-state index in [1.54, 1.807) is 4.90 Å². The maximum atomic E-state index is 12.4. The Morgan fingerprint density at radius 2 is 2.00 bits per heavy atom. The summed E-state index contributed by atoms with van der Waals surface area (Å²) in [6.07, 6.45) is 3.04. The summed E-state index contributed by atoms with van der Waals surface area (Å²) < 4.78 is 0. The molecule has 0 bridgehead atoms. The Bertz CT molecular complexity index is 498. The number of aryl methyl sites for hydroxylation is 1. The molecule has 1 aromatic carbocycles. The molecular formula is C16H21NO3. The van der Waals surface area contributed by atoms with Crippen molar-refractivity contribution in [3.8, 4) is 0 Å². The summed E-state index contributed by atoms with van der Waals surface area (Å²) in [5, 5.41) is 8.91. The highest BCUT2D eigenvalue weighted by Gasteiger charge is 2.30. The van der Waals surface area contributed by atoms with Gasteiger partial charge in [0.05, 0.1) is 12.8 Å². The van der Waals surface area contributed by atoms with Gasteiger partial charge in [0.2, 0.25) is 5.91 Å². The summed E-state index contributed by atoms with van der Waals surface area (Å²) in [5.41, 5.74) is 2.25. The first-order valence-corrected chi connectivity index (χ1v) is 7.20. The van der Waals surface area contributed by atoms with Gasteiger partial charge in [-0.05, 0) is 30.4 Å². The third-order valence-corrected chi connectivity index (χ3v) is 3.95. The second-order valence-electron chi connectivity index (χ2n) is 5.28. The molecule has 1 aliphatic heterocycles. The topological polar surface area (TPSA) is 57.6 Å². The molecular weight excluding hydrogens is 254 g/mol. The van der Waals surface area contributed by atoms with E-state index in [1.807, 2.05) is 24.3 Å². The van der Waals surface area contributed by atoms with E-state index in [1.165, 1.54) is 5.56 Å². The Morgan fingerprint density at radius 3 is 2.65 bits per heavy atom. The van der Waals surface area contributed by atoms with Gasteiger partial charge in [-0.3, -0.25) is 9.59 Å². The molecule has 108 valence electrons. The van der Waals surface area contributed by atoms with Crippen molar-refractivity contribution in [1.29, 1.82) is 0 Å². The molecule has 1 saturated heterocycles. The summed E-state index contributed by atoms with van der Waals surface area (Å²) in [6, 6.07) is 7.82. The van der Waals surface area contributed by atoms with E-state index < -0.39 is 5.97 Å². The van der Waals surface area contributed by atoms with Crippen LogP contribution in [0.15, 0.2) is 24.3 Å². The van der Waals surface area contributed by atoms with E-state index in [-0.39, 0.29) is 18.4 Å². The van der Waals surface area contributed by atoms with E-state index >= 15 is 0 Å². The monoisotopic (exact) mass is 275 g/mol. The van der Waals surface area contributed by atoms with Gasteiger partial charge in [0.25, 0.3) is 0 Å². The van der Waals surface area contributed by atoms with Gasteiger partial charge in [-0.15, -0.1) is 0 Å². The quantitative estimate of drug-likeness (QED) is 0.896. The fourth-order valence-corrected chi connectivity index (χ4v) is 2.92. The zero-order chi connectivity index (χ0) is 14.5. The van der Waals surface area contributed by atoms with Gasteiger partial charge in [-0.1, -0.05) is 31.2 Å². The number of nitrogens with zero attached hydrogens (tertiary/aromatic N) is 1. The van der Waals surface area contributed by atoms with Crippen LogP contribution < -0.4 is 0 Å². The lowest BCUT2D eigenvalue weighted by molar-refractivity contribution is -0.139. The molecule has 0 aliphatic carbocycles. The van der Waals surface area contributed by atoms with Gasteiger partial charge >= 0.3 is 5.97 Å². The Morgan fingerprint density at radius 1 is 1.30 bits per heavy atom. The number of benzene rings is 1. The van der Waals surface area contributed by atoms with Gasteiger partial charge < -0.3 is 10.0 Å². The smallest absolute Gasteiger partial charge is 0.305 e. The lowest BCUT2D eigenvalue weighted by Crippen LogP contribution is -2.37. The van der Waals surface area contributed by atoms with E-state index in [0.717, 1.165) is 24.8 Å². The van der Waals surface area contributed by atoms with E-state index in [0.29, 0.717) is 13.0 Å². The van der Waals surface area contributed by atoms with Crippen molar-refractivity contribution in [3.63, 3.8) is 0 Å². The molecule has 0 saturated carbocycles. The van der Waals surface area contributed by atoms with Crippen LogP contribution in [0, 0.1) is 0 Å². The SMILES string of the molecule is CCc1ccccc1CC(=O)N1CCCC1CC(=O)O. The molecule has 0 radical (unpaired) electrons. The van der Waals surface area contributed by atoms with Crippen molar-refractivity contribution in [2.45, 2.75) is 45.1 Å². The lowest BCUT2D eigenvalue weighted by atomic mass is 10.0. The number of aliphatic carboxylic acids is 1. The molecule has 1 atom stereocenters. The minimum absolute atomic E-state index is 0.0506. The molecule has 0 aromatic heterocycles. The number of amides is 1. The maximum Gasteiger partial charge on any atom is 0.305 e. The third-order valence-electron chi connectivity index (χ3n) is 3.95. The Kier molecular flexibility index (Phi) is 4.77. The van der Waals surface area contributed by atoms with Crippen molar-refractivity contribution < 1.29 is 14.7 Å². The van der Waals surface area contributed by atoms with E-state index in [2.05, 4.69) is 6.92 Å². The molecule has 1 aromatic rings. The Labute approximate surface area is 119 Å². The standard InChI is InChI=1S/C16H21NO3/c1-2-12-6-3-4-7-13(12)10-15(18)17-9-5-8-14(17)11-16(19)20/h3-4,6-7,14H,2,5,8-11H2,1H3,(H,19,20). The van der Waals surface area contributed by atoms with Crippen LogP contribution in [0.1, 0.15) is 37.3 Å². The van der Waals surface area contributed by atoms with Crippen LogP contribution in [-0.2, 0) is 22.4 Å². The first kappa shape index (κ1) is 14.6. The fourth-order valence-electron chi connectivity index (χ4n) is 2.92. The van der Waals surface area contributed by atoms with Crippen LogP contribution in [0.2, 0.25) is 0 Å². The summed E-state index contributed by atoms with van der Waals surface area (Å²) in [5.74, 6) is -0.779. The molecule has 4 heteroatoms. The number of carbonyl (C=O) groups is 2. The summed E-state index contributed by atoms with van der Waals surface area (Å²) in [4.78, 5) is 25.0. The molecule has 0 spiro atoms. The van der Waals surface area contributed by atoms with Crippen LogP contribution in [0.25, 0.3) is 0 Å². The molecule has 1 amide bonds. The number of rotatable bonds is 5. The van der Waals surface area contributed by atoms with Crippen LogP contribution in [0.3, 0.4) is 0 Å². The largest absolute Gasteiger partial charge is 0.481 e. The summed E-state index contributed by atoms with van der Waals surface area (Å²) in [6.45, 7) is 2.76. The normalized spacial score (nSPS) is 18.2. The van der Waals surface area contributed by atoms with Gasteiger partial charge in [0, 0.05) is 12.6 Å². The summed E-state index contributed by atoms with van der Waals surface area (Å²) in [7, 11) is 0. The van der Waals surface area contributed by atoms with Gasteiger partial charge in [-0.2, -0.15) is 0 Å². The predicted molar refractivity (Wildman–Crippen MR) is 76.5 cm³/mol. The van der Waals surface area contributed by atoms with Crippen molar-refractivity contribution in [3.05, 3.63) is 35.4 Å². The van der Waals surface area contributed by atoms with Crippen molar-refractivity contribution in [2.24, 2.45) is 0 Å². The zero-order valence-electron chi connectivity index (χ0n) is 11.8. The molecule has 1 N–H and O–H groups in total. The average molecular weight is 275 g/mol. The third kappa shape index (κ3) is 3.38. The Hall–Kier alpha value is -1.84. The van der Waals surface area contributed by atoms with Gasteiger partial charge in [0.1, 0.15) is 0 Å². The maximum absolute atomic E-state index is 12.4. The number of carbonyl (C=O) groups excluding carboxylic acids is 1. The van der Waals surface area contributed by atoms with Crippen molar-refractivity contribution in [2.75, 3.05) is 6.54 Å². The van der Waals surface area contributed by atoms with Crippen LogP contribution in [0.4, 0.5) is 0 Å². The number of hydrogen-bond acceptors (Lipinski definition) is 2. The highest BCUT2D eigenvalue weighted by Crippen LogP contribution is 2.22. The van der Waals surface area contributed by atoms with E-state index in [4.69, 9.17) is 5.11 Å². The first-order valence-electron chi connectivity index (χ1n) is 7.20. The summed E-state index contributed by atoms with van der Waals surface area (Å²) >= 11 is 0. The molecule has 4 nitrogen and oxygen atoms in total. The number of carboxylic acids is 1. The molecule has 20 heavy (non-hydrogen) atoms. The predicted octanol–water partition coefficient (Wildman–Crippen LogP) is 2.26. The fraction of sp³-hybridized carbons (Fsp3) is 0.500. The minimum atomic E-state index is -0.830. The second kappa shape index (κ2) is 6.55. The second-order valence-corrected chi connectivity index (χ2v) is 5.28. The van der Waals surface area contributed by atoms with Crippen LogP contribution in [0.5, 0.6) is 0 Å². The molecule has 1 fully saturated rings.